The minimum absolute atomic E-state index is 0.431. The van der Waals surface area contributed by atoms with Crippen molar-refractivity contribution < 1.29 is 19.9 Å². The van der Waals surface area contributed by atoms with E-state index in [1.165, 1.54) is 11.6 Å². The van der Waals surface area contributed by atoms with E-state index in [0.717, 1.165) is 24.5 Å². The number of amides is 1. The molecule has 0 spiro atoms. The fourth-order valence-corrected chi connectivity index (χ4v) is 2.55. The van der Waals surface area contributed by atoms with E-state index < -0.39 is 17.4 Å². The monoisotopic (exact) mass is 305 g/mol. The Morgan fingerprint density at radius 1 is 1.32 bits per heavy atom. The van der Waals surface area contributed by atoms with Gasteiger partial charge in [-0.15, -0.1) is 0 Å². The molecule has 1 aromatic heterocycles. The van der Waals surface area contributed by atoms with Crippen molar-refractivity contribution in [3.8, 4) is 0 Å². The van der Waals surface area contributed by atoms with Crippen molar-refractivity contribution in [2.45, 2.75) is 37.8 Å². The van der Waals surface area contributed by atoms with Crippen LogP contribution in [0.5, 0.6) is 0 Å². The SMILES string of the molecule is O=C(/C=C/c1ccc(CNC2(C(=O)O)CCCC2)cn1)NO. The first kappa shape index (κ1) is 16.1. The number of hydrogen-bond acceptors (Lipinski definition) is 5. The maximum atomic E-state index is 11.4. The fraction of sp³-hybridized carbons (Fsp3) is 0.400. The lowest BCUT2D eigenvalue weighted by Crippen LogP contribution is -2.49. The lowest BCUT2D eigenvalue weighted by atomic mass is 9.97. The smallest absolute Gasteiger partial charge is 0.323 e. The second-order valence-corrected chi connectivity index (χ2v) is 5.35. The summed E-state index contributed by atoms with van der Waals surface area (Å²) in [5, 5.41) is 20.9. The van der Waals surface area contributed by atoms with Crippen molar-refractivity contribution in [3.05, 3.63) is 35.7 Å². The summed E-state index contributed by atoms with van der Waals surface area (Å²) in [4.78, 5) is 26.5. The molecule has 0 saturated heterocycles. The summed E-state index contributed by atoms with van der Waals surface area (Å²) in [6, 6.07) is 3.54. The minimum atomic E-state index is -0.822. The van der Waals surface area contributed by atoms with Gasteiger partial charge in [-0.3, -0.25) is 25.1 Å². The third kappa shape index (κ3) is 3.90. The standard InChI is InChI=1S/C15H19N3O4/c19-13(18-22)6-5-12-4-3-11(9-16-12)10-17-15(14(20)21)7-1-2-8-15/h3-6,9,17,22H,1-2,7-8,10H2,(H,18,19)(H,20,21)/b6-5+. The van der Waals surface area contributed by atoms with Gasteiger partial charge in [0, 0.05) is 18.8 Å². The average Bonchev–Trinajstić information content (AvgIpc) is 3.02. The first-order valence-corrected chi connectivity index (χ1v) is 7.11. The fourth-order valence-electron chi connectivity index (χ4n) is 2.55. The largest absolute Gasteiger partial charge is 0.480 e. The van der Waals surface area contributed by atoms with Crippen molar-refractivity contribution in [3.63, 3.8) is 0 Å². The predicted molar refractivity (Wildman–Crippen MR) is 78.9 cm³/mol. The Balaban J connectivity index is 1.95. The zero-order valence-electron chi connectivity index (χ0n) is 12.1. The highest BCUT2D eigenvalue weighted by atomic mass is 16.5. The summed E-state index contributed by atoms with van der Waals surface area (Å²) < 4.78 is 0. The molecule has 7 nitrogen and oxygen atoms in total. The number of carbonyl (C=O) groups excluding carboxylic acids is 1. The molecule has 2 rings (SSSR count). The highest BCUT2D eigenvalue weighted by Crippen LogP contribution is 2.30. The lowest BCUT2D eigenvalue weighted by molar-refractivity contribution is -0.144. The summed E-state index contributed by atoms with van der Waals surface area (Å²) in [7, 11) is 0. The zero-order chi connectivity index (χ0) is 16.0. The zero-order valence-corrected chi connectivity index (χ0v) is 12.1. The van der Waals surface area contributed by atoms with Crippen LogP contribution < -0.4 is 10.8 Å². The van der Waals surface area contributed by atoms with E-state index in [-0.39, 0.29) is 0 Å². The molecule has 1 heterocycles. The van der Waals surface area contributed by atoms with Gasteiger partial charge in [0.05, 0.1) is 5.69 Å². The maximum Gasteiger partial charge on any atom is 0.323 e. The normalized spacial score (nSPS) is 16.8. The molecule has 0 unspecified atom stereocenters. The van der Waals surface area contributed by atoms with Crippen LogP contribution in [0.3, 0.4) is 0 Å². The first-order valence-electron chi connectivity index (χ1n) is 7.11. The van der Waals surface area contributed by atoms with E-state index in [9.17, 15) is 14.7 Å². The predicted octanol–water partition coefficient (Wildman–Crippen LogP) is 1.09. The molecule has 4 N–H and O–H groups in total. The van der Waals surface area contributed by atoms with Gasteiger partial charge in [-0.05, 0) is 30.5 Å². The van der Waals surface area contributed by atoms with Gasteiger partial charge < -0.3 is 5.11 Å². The Morgan fingerprint density at radius 2 is 2.05 bits per heavy atom. The highest BCUT2D eigenvalue weighted by Gasteiger charge is 2.40. The Labute approximate surface area is 128 Å². The number of rotatable bonds is 6. The Kier molecular flexibility index (Phi) is 5.24. The van der Waals surface area contributed by atoms with Crippen molar-refractivity contribution in [1.29, 1.82) is 0 Å². The summed E-state index contributed by atoms with van der Waals surface area (Å²) in [5.41, 5.74) is 2.11. The second kappa shape index (κ2) is 7.15. The van der Waals surface area contributed by atoms with E-state index in [1.54, 1.807) is 12.3 Å². The van der Waals surface area contributed by atoms with Crippen molar-refractivity contribution >= 4 is 18.0 Å². The molecule has 0 atom stereocenters. The number of aromatic nitrogens is 1. The van der Waals surface area contributed by atoms with Gasteiger partial charge in [-0.25, -0.2) is 5.48 Å². The van der Waals surface area contributed by atoms with Crippen LogP contribution in [0.15, 0.2) is 24.4 Å². The van der Waals surface area contributed by atoms with Gasteiger partial charge in [-0.2, -0.15) is 0 Å². The third-order valence-corrected chi connectivity index (χ3v) is 3.86. The molecule has 0 bridgehead atoms. The number of hydrogen-bond donors (Lipinski definition) is 4. The van der Waals surface area contributed by atoms with Crippen LogP contribution in [-0.4, -0.2) is 32.7 Å². The van der Waals surface area contributed by atoms with Crippen molar-refractivity contribution in [1.82, 2.24) is 15.8 Å². The molecule has 7 heteroatoms. The molecule has 1 amide bonds. The Hall–Kier alpha value is -2.25. The molecule has 1 saturated carbocycles. The van der Waals surface area contributed by atoms with Crippen LogP contribution in [0.1, 0.15) is 36.9 Å². The molecular formula is C15H19N3O4. The number of nitrogens with one attached hydrogen (secondary N) is 2. The number of carboxylic acids is 1. The molecule has 0 aliphatic heterocycles. The number of pyridine rings is 1. The lowest BCUT2D eigenvalue weighted by Gasteiger charge is -2.25. The molecule has 1 fully saturated rings. The summed E-state index contributed by atoms with van der Waals surface area (Å²) in [5.74, 6) is -1.43. The number of hydroxylamine groups is 1. The minimum Gasteiger partial charge on any atom is -0.480 e. The van der Waals surface area contributed by atoms with Crippen LogP contribution >= 0.6 is 0 Å². The number of nitrogens with zero attached hydrogens (tertiary/aromatic N) is 1. The van der Waals surface area contributed by atoms with E-state index in [4.69, 9.17) is 5.21 Å². The highest BCUT2D eigenvalue weighted by molar-refractivity contribution is 5.90. The van der Waals surface area contributed by atoms with Crippen LogP contribution in [0.25, 0.3) is 6.08 Å². The Morgan fingerprint density at radius 3 is 2.59 bits per heavy atom. The maximum absolute atomic E-state index is 11.4. The molecule has 22 heavy (non-hydrogen) atoms. The quantitative estimate of drug-likeness (QED) is 0.355. The summed E-state index contributed by atoms with van der Waals surface area (Å²) >= 11 is 0. The van der Waals surface area contributed by atoms with Gasteiger partial charge in [0.15, 0.2) is 0 Å². The average molecular weight is 305 g/mol. The van der Waals surface area contributed by atoms with Gasteiger partial charge in [0.2, 0.25) is 0 Å². The molecule has 1 aliphatic carbocycles. The number of aliphatic carboxylic acids is 1. The third-order valence-electron chi connectivity index (χ3n) is 3.86. The molecule has 118 valence electrons. The Bertz CT molecular complexity index is 563. The number of carboxylic acid groups (broad SMARTS) is 1. The van der Waals surface area contributed by atoms with Gasteiger partial charge >= 0.3 is 5.97 Å². The summed E-state index contributed by atoms with van der Waals surface area (Å²) in [6.45, 7) is 0.431. The number of carbonyl (C=O) groups is 2. The molecule has 0 radical (unpaired) electrons. The van der Waals surface area contributed by atoms with Gasteiger partial charge in [0.1, 0.15) is 5.54 Å². The topological polar surface area (TPSA) is 112 Å². The van der Waals surface area contributed by atoms with Crippen molar-refractivity contribution in [2.24, 2.45) is 0 Å². The van der Waals surface area contributed by atoms with Crippen LogP contribution in [0.2, 0.25) is 0 Å². The van der Waals surface area contributed by atoms with Crippen LogP contribution in [-0.2, 0) is 16.1 Å². The van der Waals surface area contributed by atoms with E-state index in [1.807, 2.05) is 6.07 Å². The molecular weight excluding hydrogens is 286 g/mol. The van der Waals surface area contributed by atoms with Gasteiger partial charge in [-0.1, -0.05) is 18.9 Å². The molecule has 0 aromatic carbocycles. The van der Waals surface area contributed by atoms with Crippen LogP contribution in [0, 0.1) is 0 Å². The first-order chi connectivity index (χ1) is 10.6. The van der Waals surface area contributed by atoms with Gasteiger partial charge in [0.25, 0.3) is 5.91 Å². The van der Waals surface area contributed by atoms with E-state index >= 15 is 0 Å². The van der Waals surface area contributed by atoms with Crippen molar-refractivity contribution in [2.75, 3.05) is 0 Å². The summed E-state index contributed by atoms with van der Waals surface area (Å²) in [6.07, 6.45) is 7.41. The van der Waals surface area contributed by atoms with Crippen LogP contribution in [0.4, 0.5) is 0 Å². The molecule has 1 aromatic rings. The second-order valence-electron chi connectivity index (χ2n) is 5.35. The van der Waals surface area contributed by atoms with E-state index in [0.29, 0.717) is 25.1 Å². The molecule has 1 aliphatic rings. The van der Waals surface area contributed by atoms with E-state index in [2.05, 4.69) is 10.3 Å².